The first-order chi connectivity index (χ1) is 12.0. The van der Waals surface area contributed by atoms with Crippen molar-refractivity contribution in [3.63, 3.8) is 0 Å². The van der Waals surface area contributed by atoms with Crippen molar-refractivity contribution in [1.82, 2.24) is 4.31 Å². The lowest BCUT2D eigenvalue weighted by Gasteiger charge is -2.19. The Morgan fingerprint density at radius 3 is 2.56 bits per heavy atom. The fourth-order valence-electron chi connectivity index (χ4n) is 2.71. The third-order valence-corrected chi connectivity index (χ3v) is 5.89. The first-order valence-corrected chi connectivity index (χ1v) is 10.6. The van der Waals surface area contributed by atoms with Crippen LogP contribution >= 0.6 is 0 Å². The average Bonchev–Trinajstić information content (AvgIpc) is 2.58. The van der Waals surface area contributed by atoms with Crippen LogP contribution in [0.3, 0.4) is 0 Å². The third kappa shape index (κ3) is 8.46. The molecule has 0 aliphatic carbocycles. The Kier molecular flexibility index (Phi) is 10.4. The average molecular weight is 369 g/mol. The molecule has 0 fully saturated rings. The summed E-state index contributed by atoms with van der Waals surface area (Å²) in [5, 5.41) is 8.88. The molecule has 0 aromatic heterocycles. The first kappa shape index (κ1) is 21.6. The molecule has 1 aromatic carbocycles. The molecule has 1 aromatic rings. The third-order valence-electron chi connectivity index (χ3n) is 4.09. The van der Waals surface area contributed by atoms with Crippen LogP contribution in [0, 0.1) is 11.3 Å². The lowest BCUT2D eigenvalue weighted by Crippen LogP contribution is -2.33. The van der Waals surface area contributed by atoms with Crippen molar-refractivity contribution in [2.24, 2.45) is 0 Å². The van der Waals surface area contributed by atoms with Crippen molar-refractivity contribution in [2.75, 3.05) is 19.8 Å². The van der Waals surface area contributed by atoms with Gasteiger partial charge in [0.15, 0.2) is 0 Å². The second kappa shape index (κ2) is 12.0. The van der Waals surface area contributed by atoms with Gasteiger partial charge in [-0.3, -0.25) is 4.39 Å². The second-order valence-electron chi connectivity index (χ2n) is 6.27. The van der Waals surface area contributed by atoms with Gasteiger partial charge in [-0.05, 0) is 36.8 Å². The van der Waals surface area contributed by atoms with Gasteiger partial charge in [0.25, 0.3) is 0 Å². The highest BCUT2D eigenvalue weighted by Crippen LogP contribution is 2.15. The molecule has 0 spiro atoms. The van der Waals surface area contributed by atoms with Crippen LogP contribution in [-0.4, -0.2) is 32.5 Å². The number of nitrogens with zero attached hydrogens (tertiary/aromatic N) is 2. The number of nitriles is 1. The van der Waals surface area contributed by atoms with E-state index in [4.69, 9.17) is 5.26 Å². The molecule has 25 heavy (non-hydrogen) atoms. The molecule has 4 nitrogen and oxygen atoms in total. The van der Waals surface area contributed by atoms with Crippen LogP contribution in [0.15, 0.2) is 24.3 Å². The van der Waals surface area contributed by atoms with E-state index in [1.165, 1.54) is 19.3 Å². The maximum atomic E-state index is 12.6. The fraction of sp³-hybridized carbons (Fsp3) is 0.632. The molecule has 0 atom stereocenters. The molecule has 1 rings (SSSR count). The van der Waals surface area contributed by atoms with Crippen LogP contribution in [-0.2, 0) is 22.2 Å². The molecule has 0 N–H and O–H groups in total. The summed E-state index contributed by atoms with van der Waals surface area (Å²) in [7, 11) is -3.58. The lowest BCUT2D eigenvalue weighted by atomic mass is 10.0. The number of hydrogen-bond donors (Lipinski definition) is 0. The van der Waals surface area contributed by atoms with Crippen molar-refractivity contribution < 1.29 is 12.8 Å². The van der Waals surface area contributed by atoms with Crippen molar-refractivity contribution >= 4 is 10.0 Å². The minimum atomic E-state index is -3.58. The SMILES string of the molecule is CCCCCCc1cccc(CS(=O)(=O)N(CC#N)CCCCF)c1. The molecule has 0 radical (unpaired) electrons. The van der Waals surface area contributed by atoms with Crippen molar-refractivity contribution in [3.05, 3.63) is 35.4 Å². The summed E-state index contributed by atoms with van der Waals surface area (Å²) >= 11 is 0. The summed E-state index contributed by atoms with van der Waals surface area (Å²) < 4.78 is 38.5. The van der Waals surface area contributed by atoms with E-state index in [1.807, 2.05) is 24.3 Å². The minimum absolute atomic E-state index is 0.118. The molecule has 0 amide bonds. The molecule has 0 aliphatic rings. The van der Waals surface area contributed by atoms with Crippen LogP contribution < -0.4 is 0 Å². The number of halogens is 1. The normalized spacial score (nSPS) is 11.6. The van der Waals surface area contributed by atoms with Gasteiger partial charge in [0, 0.05) is 6.54 Å². The Balaban J connectivity index is 2.71. The first-order valence-electron chi connectivity index (χ1n) is 9.02. The standard InChI is InChI=1S/C19H29FN2O2S/c1-2-3-4-5-9-18-10-8-11-19(16-18)17-25(23,24)22(15-13-21)14-7-6-12-20/h8,10-11,16H,2-7,9,12,14-15,17H2,1H3. The van der Waals surface area contributed by atoms with E-state index in [0.717, 1.165) is 28.3 Å². The van der Waals surface area contributed by atoms with Crippen molar-refractivity contribution in [2.45, 2.75) is 57.6 Å². The van der Waals surface area contributed by atoms with Crippen LogP contribution in [0.1, 0.15) is 56.6 Å². The number of unbranched alkanes of at least 4 members (excludes halogenated alkanes) is 4. The van der Waals surface area contributed by atoms with Crippen LogP contribution in [0.25, 0.3) is 0 Å². The van der Waals surface area contributed by atoms with Crippen LogP contribution in [0.4, 0.5) is 4.39 Å². The summed E-state index contributed by atoms with van der Waals surface area (Å²) in [6.07, 6.45) is 6.38. The Morgan fingerprint density at radius 1 is 1.12 bits per heavy atom. The number of rotatable bonds is 13. The van der Waals surface area contributed by atoms with Gasteiger partial charge in [-0.25, -0.2) is 8.42 Å². The van der Waals surface area contributed by atoms with Crippen molar-refractivity contribution in [1.29, 1.82) is 5.26 Å². The smallest absolute Gasteiger partial charge is 0.219 e. The zero-order valence-corrected chi connectivity index (χ0v) is 15.9. The topological polar surface area (TPSA) is 61.2 Å². The summed E-state index contributed by atoms with van der Waals surface area (Å²) in [6, 6.07) is 9.55. The van der Waals surface area contributed by atoms with Gasteiger partial charge in [-0.2, -0.15) is 9.57 Å². The maximum Gasteiger partial charge on any atom is 0.219 e. The zero-order valence-electron chi connectivity index (χ0n) is 15.1. The Bertz CT molecular complexity index is 641. The van der Waals surface area contributed by atoms with Gasteiger partial charge < -0.3 is 0 Å². The highest BCUT2D eigenvalue weighted by atomic mass is 32.2. The summed E-state index contributed by atoms with van der Waals surface area (Å²) in [6.45, 7) is 1.70. The van der Waals surface area contributed by atoms with Gasteiger partial charge in [0.2, 0.25) is 10.0 Å². The molecule has 140 valence electrons. The van der Waals surface area contributed by atoms with Gasteiger partial charge in [0.05, 0.1) is 18.5 Å². The minimum Gasteiger partial charge on any atom is -0.251 e. The van der Waals surface area contributed by atoms with E-state index in [2.05, 4.69) is 6.92 Å². The summed E-state index contributed by atoms with van der Waals surface area (Å²) in [5.41, 5.74) is 1.88. The summed E-state index contributed by atoms with van der Waals surface area (Å²) in [5.74, 6) is -0.118. The number of benzene rings is 1. The van der Waals surface area contributed by atoms with Gasteiger partial charge in [-0.1, -0.05) is 50.5 Å². The van der Waals surface area contributed by atoms with Crippen molar-refractivity contribution in [3.8, 4) is 6.07 Å². The molecule has 0 heterocycles. The number of alkyl halides is 1. The molecule has 0 bridgehead atoms. The molecular weight excluding hydrogens is 339 g/mol. The summed E-state index contributed by atoms with van der Waals surface area (Å²) in [4.78, 5) is 0. The second-order valence-corrected chi connectivity index (χ2v) is 8.24. The molecule has 0 unspecified atom stereocenters. The van der Waals surface area contributed by atoms with E-state index < -0.39 is 16.7 Å². The highest BCUT2D eigenvalue weighted by molar-refractivity contribution is 7.88. The maximum absolute atomic E-state index is 12.6. The molecule has 0 saturated heterocycles. The Hall–Kier alpha value is -1.45. The van der Waals surface area contributed by atoms with Gasteiger partial charge in [-0.15, -0.1) is 0 Å². The predicted molar refractivity (Wildman–Crippen MR) is 99.3 cm³/mol. The zero-order chi connectivity index (χ0) is 18.5. The van der Waals surface area contributed by atoms with Gasteiger partial charge in [0.1, 0.15) is 6.54 Å². The number of sulfonamides is 1. The Labute approximate surface area is 151 Å². The van der Waals surface area contributed by atoms with Crippen LogP contribution in [0.2, 0.25) is 0 Å². The fourth-order valence-corrected chi connectivity index (χ4v) is 4.16. The predicted octanol–water partition coefficient (Wildman–Crippen LogP) is 4.21. The van der Waals surface area contributed by atoms with E-state index in [-0.39, 0.29) is 18.8 Å². The van der Waals surface area contributed by atoms with E-state index in [1.54, 1.807) is 6.07 Å². The largest absolute Gasteiger partial charge is 0.251 e. The van der Waals surface area contributed by atoms with Gasteiger partial charge >= 0.3 is 0 Å². The molecular formula is C19H29FN2O2S. The molecule has 6 heteroatoms. The quantitative estimate of drug-likeness (QED) is 0.387. The lowest BCUT2D eigenvalue weighted by molar-refractivity contribution is 0.402. The van der Waals surface area contributed by atoms with Crippen LogP contribution in [0.5, 0.6) is 0 Å². The molecule has 0 saturated carbocycles. The van der Waals surface area contributed by atoms with E-state index in [0.29, 0.717) is 12.8 Å². The monoisotopic (exact) mass is 368 g/mol. The van der Waals surface area contributed by atoms with E-state index >= 15 is 0 Å². The Morgan fingerprint density at radius 2 is 1.88 bits per heavy atom. The molecule has 0 aliphatic heterocycles. The van der Waals surface area contributed by atoms with E-state index in [9.17, 15) is 12.8 Å². The highest BCUT2D eigenvalue weighted by Gasteiger charge is 2.22. The number of hydrogen-bond acceptors (Lipinski definition) is 3. The number of aryl methyl sites for hydroxylation is 1.